The zero-order valence-electron chi connectivity index (χ0n) is 17.1. The maximum Gasteiger partial charge on any atom is 0.309 e. The number of allylic oxidation sites excluding steroid dienone is 2. The van der Waals surface area contributed by atoms with Gasteiger partial charge in [0.15, 0.2) is 0 Å². The number of nitriles is 2. The molecule has 0 aliphatic heterocycles. The molecule has 2 aliphatic carbocycles. The number of ether oxygens (including phenoxy) is 1. The molecule has 152 valence electrons. The lowest BCUT2D eigenvalue weighted by molar-refractivity contribution is -0.157. The van der Waals surface area contributed by atoms with Crippen molar-refractivity contribution in [2.24, 2.45) is 11.8 Å². The molecule has 0 aromatic heterocycles. The van der Waals surface area contributed by atoms with Crippen LogP contribution in [0.25, 0.3) is 0 Å². The van der Waals surface area contributed by atoms with Crippen LogP contribution in [0.5, 0.6) is 0 Å². The average molecular weight is 391 g/mol. The summed E-state index contributed by atoms with van der Waals surface area (Å²) in [5.41, 5.74) is 1.99. The van der Waals surface area contributed by atoms with Crippen LogP contribution in [0, 0.1) is 34.5 Å². The predicted octanol–water partition coefficient (Wildman–Crippen LogP) is 5.79. The molecule has 0 bridgehead atoms. The van der Waals surface area contributed by atoms with Gasteiger partial charge >= 0.3 is 5.97 Å². The molecule has 4 heteroatoms. The van der Waals surface area contributed by atoms with Crippen LogP contribution < -0.4 is 0 Å². The van der Waals surface area contributed by atoms with Crippen molar-refractivity contribution in [1.82, 2.24) is 0 Å². The summed E-state index contributed by atoms with van der Waals surface area (Å²) >= 11 is 0. The molecule has 4 nitrogen and oxygen atoms in total. The van der Waals surface area contributed by atoms with E-state index in [-0.39, 0.29) is 18.0 Å². The molecular weight excluding hydrogens is 360 g/mol. The molecule has 0 saturated heterocycles. The van der Waals surface area contributed by atoms with E-state index in [1.807, 2.05) is 24.3 Å². The highest BCUT2D eigenvalue weighted by molar-refractivity contribution is 5.72. The van der Waals surface area contributed by atoms with Gasteiger partial charge in [-0.25, -0.2) is 0 Å². The van der Waals surface area contributed by atoms with Crippen molar-refractivity contribution < 1.29 is 9.53 Å². The lowest BCUT2D eigenvalue weighted by Crippen LogP contribution is -2.29. The Morgan fingerprint density at radius 2 is 1.69 bits per heavy atom. The van der Waals surface area contributed by atoms with Crippen molar-refractivity contribution in [2.75, 3.05) is 0 Å². The van der Waals surface area contributed by atoms with E-state index >= 15 is 0 Å². The summed E-state index contributed by atoms with van der Waals surface area (Å²) in [5.74, 6) is 1.25. The summed E-state index contributed by atoms with van der Waals surface area (Å²) in [6, 6.07) is 12.1. The lowest BCUT2D eigenvalue weighted by atomic mass is 9.79. The fourth-order valence-electron chi connectivity index (χ4n) is 4.76. The van der Waals surface area contributed by atoms with Crippen LogP contribution in [0.1, 0.15) is 81.3 Å². The number of hydrogen-bond donors (Lipinski definition) is 0. The molecular formula is C25H30N2O2. The first-order valence-corrected chi connectivity index (χ1v) is 10.9. The molecule has 0 heterocycles. The molecule has 0 atom stereocenters. The van der Waals surface area contributed by atoms with E-state index in [0.717, 1.165) is 64.2 Å². The number of esters is 1. The van der Waals surface area contributed by atoms with Gasteiger partial charge in [-0.05, 0) is 93.7 Å². The summed E-state index contributed by atoms with van der Waals surface area (Å²) in [4.78, 5) is 12.6. The van der Waals surface area contributed by atoms with Gasteiger partial charge in [0.25, 0.3) is 0 Å². The van der Waals surface area contributed by atoms with Crippen LogP contribution in [-0.2, 0) is 9.53 Å². The lowest BCUT2D eigenvalue weighted by Gasteiger charge is -2.31. The van der Waals surface area contributed by atoms with Crippen molar-refractivity contribution in [3.8, 4) is 12.1 Å². The van der Waals surface area contributed by atoms with Crippen molar-refractivity contribution in [3.05, 3.63) is 47.5 Å². The molecule has 0 amide bonds. The molecule has 2 aliphatic rings. The minimum absolute atomic E-state index is 0.00893. The van der Waals surface area contributed by atoms with E-state index in [2.05, 4.69) is 18.2 Å². The second-order valence-electron chi connectivity index (χ2n) is 8.47. The van der Waals surface area contributed by atoms with Crippen LogP contribution in [0.15, 0.2) is 36.4 Å². The third-order valence-electron chi connectivity index (χ3n) is 6.58. The van der Waals surface area contributed by atoms with E-state index in [1.54, 1.807) is 6.08 Å². The molecule has 2 saturated carbocycles. The highest BCUT2D eigenvalue weighted by Gasteiger charge is 2.30. The zero-order chi connectivity index (χ0) is 20.5. The largest absolute Gasteiger partial charge is 0.462 e. The molecule has 1 aromatic carbocycles. The smallest absolute Gasteiger partial charge is 0.309 e. The third-order valence-corrected chi connectivity index (χ3v) is 6.58. The Kier molecular flexibility index (Phi) is 7.88. The maximum atomic E-state index is 12.6. The SMILES string of the molecule is N#CC=CCCC1CCC(C(=O)OC2CCC(c3ccc(C#N)cc3)CC2)CC1. The summed E-state index contributed by atoms with van der Waals surface area (Å²) in [6.07, 6.45) is 13.6. The summed E-state index contributed by atoms with van der Waals surface area (Å²) in [6.45, 7) is 0. The number of nitrogens with zero attached hydrogens (tertiary/aromatic N) is 2. The second kappa shape index (κ2) is 10.8. The topological polar surface area (TPSA) is 73.9 Å². The standard InChI is InChI=1S/C25H30N2O2/c26-17-3-1-2-4-19-5-11-23(12-6-19)25(28)29-24-15-13-22(14-16-24)21-9-7-20(18-27)8-10-21/h1,3,7-10,19,22-24H,2,4-6,11-16H2. The average Bonchev–Trinajstić information content (AvgIpc) is 2.78. The van der Waals surface area contributed by atoms with E-state index in [0.29, 0.717) is 17.4 Å². The van der Waals surface area contributed by atoms with Crippen LogP contribution in [0.3, 0.4) is 0 Å². The van der Waals surface area contributed by atoms with Gasteiger partial charge in [-0.2, -0.15) is 10.5 Å². The highest BCUT2D eigenvalue weighted by Crippen LogP contribution is 2.36. The molecule has 2 fully saturated rings. The van der Waals surface area contributed by atoms with Crippen molar-refractivity contribution in [1.29, 1.82) is 10.5 Å². The van der Waals surface area contributed by atoms with Crippen molar-refractivity contribution in [3.63, 3.8) is 0 Å². The number of hydrogen-bond acceptors (Lipinski definition) is 4. The van der Waals surface area contributed by atoms with Gasteiger partial charge in [0.2, 0.25) is 0 Å². The number of carbonyl (C=O) groups is 1. The summed E-state index contributed by atoms with van der Waals surface area (Å²) in [5, 5.41) is 17.5. The molecule has 1 aromatic rings. The first-order chi connectivity index (χ1) is 14.2. The van der Waals surface area contributed by atoms with Gasteiger partial charge in [0.05, 0.1) is 23.6 Å². The Hall–Kier alpha value is -2.59. The Morgan fingerprint density at radius 3 is 2.31 bits per heavy atom. The Balaban J connectivity index is 1.37. The Morgan fingerprint density at radius 1 is 1.00 bits per heavy atom. The maximum absolute atomic E-state index is 12.6. The normalized spacial score (nSPS) is 27.1. The van der Waals surface area contributed by atoms with Crippen molar-refractivity contribution >= 4 is 5.97 Å². The molecule has 3 rings (SSSR count). The quantitative estimate of drug-likeness (QED) is 0.455. The number of carbonyl (C=O) groups excluding carboxylic acids is 1. The van der Waals surface area contributed by atoms with Gasteiger partial charge < -0.3 is 4.74 Å². The van der Waals surface area contributed by atoms with Gasteiger partial charge in [0.1, 0.15) is 6.10 Å². The minimum atomic E-state index is 0.00893. The third kappa shape index (κ3) is 6.20. The Labute approximate surface area is 174 Å². The monoisotopic (exact) mass is 390 g/mol. The Bertz CT molecular complexity index is 769. The second-order valence-corrected chi connectivity index (χ2v) is 8.47. The molecule has 0 N–H and O–H groups in total. The highest BCUT2D eigenvalue weighted by atomic mass is 16.5. The van der Waals surface area contributed by atoms with E-state index in [1.165, 1.54) is 5.56 Å². The zero-order valence-corrected chi connectivity index (χ0v) is 17.1. The van der Waals surface area contributed by atoms with Crippen molar-refractivity contribution in [2.45, 2.75) is 76.2 Å². The van der Waals surface area contributed by atoms with Gasteiger partial charge in [-0.3, -0.25) is 4.79 Å². The van der Waals surface area contributed by atoms with E-state index in [9.17, 15) is 4.79 Å². The predicted molar refractivity (Wildman–Crippen MR) is 112 cm³/mol. The minimum Gasteiger partial charge on any atom is -0.462 e. The molecule has 29 heavy (non-hydrogen) atoms. The van der Waals surface area contributed by atoms with Crippen LogP contribution in [0.2, 0.25) is 0 Å². The van der Waals surface area contributed by atoms with Gasteiger partial charge in [-0.1, -0.05) is 18.2 Å². The summed E-state index contributed by atoms with van der Waals surface area (Å²) in [7, 11) is 0. The first kappa shape index (κ1) is 21.1. The van der Waals surface area contributed by atoms with Crippen LogP contribution in [-0.4, -0.2) is 12.1 Å². The van der Waals surface area contributed by atoms with Gasteiger partial charge in [-0.15, -0.1) is 0 Å². The van der Waals surface area contributed by atoms with E-state index in [4.69, 9.17) is 15.3 Å². The molecule has 0 unspecified atom stereocenters. The number of rotatable bonds is 6. The molecule has 0 spiro atoms. The van der Waals surface area contributed by atoms with Crippen LogP contribution in [0.4, 0.5) is 0 Å². The number of benzene rings is 1. The van der Waals surface area contributed by atoms with E-state index < -0.39 is 0 Å². The summed E-state index contributed by atoms with van der Waals surface area (Å²) < 4.78 is 5.87. The first-order valence-electron chi connectivity index (χ1n) is 10.9. The van der Waals surface area contributed by atoms with Gasteiger partial charge in [0, 0.05) is 6.08 Å². The van der Waals surface area contributed by atoms with Crippen LogP contribution >= 0.6 is 0 Å². The molecule has 0 radical (unpaired) electrons. The fraction of sp³-hybridized carbons (Fsp3) is 0.560. The fourth-order valence-corrected chi connectivity index (χ4v) is 4.76.